The van der Waals surface area contributed by atoms with Gasteiger partial charge in [0.2, 0.25) is 5.91 Å². The highest BCUT2D eigenvalue weighted by Crippen LogP contribution is 2.59. The Morgan fingerprint density at radius 1 is 1.23 bits per heavy atom. The number of carbonyl (C=O) groups excluding carboxylic acids is 2. The van der Waals surface area contributed by atoms with E-state index in [0.29, 0.717) is 17.8 Å². The summed E-state index contributed by atoms with van der Waals surface area (Å²) in [6.07, 6.45) is 4.94. The van der Waals surface area contributed by atoms with E-state index in [1.165, 1.54) is 11.3 Å². The van der Waals surface area contributed by atoms with Crippen LogP contribution in [0.5, 0.6) is 0 Å². The molecule has 2 atom stereocenters. The number of hydrogen-bond donors (Lipinski definition) is 2. The Bertz CT molecular complexity index is 628. The van der Waals surface area contributed by atoms with Crippen molar-refractivity contribution in [1.29, 1.82) is 0 Å². The highest BCUT2D eigenvalue weighted by Gasteiger charge is 2.58. The summed E-state index contributed by atoms with van der Waals surface area (Å²) in [5, 5.41) is 3.25. The quantitative estimate of drug-likeness (QED) is 0.843. The maximum absolute atomic E-state index is 12.5. The Morgan fingerprint density at radius 3 is 2.45 bits per heavy atom. The molecule has 0 saturated heterocycles. The van der Waals surface area contributed by atoms with Gasteiger partial charge in [-0.15, -0.1) is 11.3 Å². The largest absolute Gasteiger partial charge is 0.369 e. The van der Waals surface area contributed by atoms with Gasteiger partial charge in [0.15, 0.2) is 0 Å². The molecule has 1 aromatic heterocycles. The van der Waals surface area contributed by atoms with Crippen LogP contribution in [0.25, 0.3) is 0 Å². The van der Waals surface area contributed by atoms with Crippen LogP contribution in [0, 0.1) is 23.2 Å². The highest BCUT2D eigenvalue weighted by atomic mass is 79.9. The fourth-order valence-corrected chi connectivity index (χ4v) is 6.51. The minimum absolute atomic E-state index is 0.0151. The first kappa shape index (κ1) is 14.7. The van der Waals surface area contributed by atoms with Crippen molar-refractivity contribution in [3.8, 4) is 0 Å². The van der Waals surface area contributed by atoms with Gasteiger partial charge in [-0.25, -0.2) is 0 Å². The predicted molar refractivity (Wildman–Crippen MR) is 88.5 cm³/mol. The predicted octanol–water partition coefficient (Wildman–Crippen LogP) is 2.92. The normalized spacial score (nSPS) is 39.0. The Hall–Kier alpha value is -0.880. The van der Waals surface area contributed by atoms with Crippen molar-refractivity contribution in [2.75, 3.05) is 0 Å². The van der Waals surface area contributed by atoms with Gasteiger partial charge in [0, 0.05) is 11.5 Å². The summed E-state index contributed by atoms with van der Waals surface area (Å²) in [7, 11) is 0. The molecule has 0 spiro atoms. The van der Waals surface area contributed by atoms with E-state index in [1.807, 2.05) is 12.1 Å². The summed E-state index contributed by atoms with van der Waals surface area (Å²) in [4.78, 5) is 25.1. The van der Waals surface area contributed by atoms with Crippen LogP contribution in [0.1, 0.15) is 41.8 Å². The molecular weight excluding hydrogens is 364 g/mol. The van der Waals surface area contributed by atoms with Gasteiger partial charge in [-0.05, 0) is 77.9 Å². The molecule has 3 N–H and O–H groups in total. The van der Waals surface area contributed by atoms with Gasteiger partial charge in [0.05, 0.1) is 8.66 Å². The van der Waals surface area contributed by atoms with Crippen LogP contribution in [0.2, 0.25) is 0 Å². The SMILES string of the molecule is NC(=O)[C@]12CC3CC(C1)[C@@H](NC(=O)c1ccc(Br)s1)C(C3)C2. The van der Waals surface area contributed by atoms with Crippen molar-refractivity contribution in [1.82, 2.24) is 5.32 Å². The third-order valence-corrected chi connectivity index (χ3v) is 7.51. The molecule has 1 heterocycles. The van der Waals surface area contributed by atoms with Crippen molar-refractivity contribution in [3.05, 3.63) is 20.8 Å². The molecule has 4 nitrogen and oxygen atoms in total. The fourth-order valence-electron chi connectivity index (χ4n) is 5.22. The molecule has 4 aliphatic carbocycles. The summed E-state index contributed by atoms with van der Waals surface area (Å²) < 4.78 is 0.968. The first-order valence-electron chi connectivity index (χ1n) is 7.83. The molecule has 4 aliphatic rings. The van der Waals surface area contributed by atoms with Gasteiger partial charge in [-0.1, -0.05) is 0 Å². The number of rotatable bonds is 3. The third kappa shape index (κ3) is 2.22. The summed E-state index contributed by atoms with van der Waals surface area (Å²) >= 11 is 4.85. The van der Waals surface area contributed by atoms with E-state index in [9.17, 15) is 9.59 Å². The lowest BCUT2D eigenvalue weighted by Gasteiger charge is -2.58. The second-order valence-electron chi connectivity index (χ2n) is 7.22. The Morgan fingerprint density at radius 2 is 1.91 bits per heavy atom. The monoisotopic (exact) mass is 382 g/mol. The molecule has 2 unspecified atom stereocenters. The number of thiophene rings is 1. The first-order valence-corrected chi connectivity index (χ1v) is 9.44. The minimum atomic E-state index is -0.288. The highest BCUT2D eigenvalue weighted by molar-refractivity contribution is 9.11. The fraction of sp³-hybridized carbons (Fsp3) is 0.625. The lowest BCUT2D eigenvalue weighted by Crippen LogP contribution is -2.62. The van der Waals surface area contributed by atoms with Crippen molar-refractivity contribution >= 4 is 39.1 Å². The van der Waals surface area contributed by atoms with Crippen molar-refractivity contribution in [2.24, 2.45) is 28.9 Å². The van der Waals surface area contributed by atoms with Gasteiger partial charge in [0.1, 0.15) is 0 Å². The van der Waals surface area contributed by atoms with Crippen molar-refractivity contribution in [2.45, 2.75) is 38.1 Å². The number of hydrogen-bond acceptors (Lipinski definition) is 3. The maximum Gasteiger partial charge on any atom is 0.261 e. The van der Waals surface area contributed by atoms with Crippen molar-refractivity contribution in [3.63, 3.8) is 0 Å². The smallest absolute Gasteiger partial charge is 0.261 e. The number of nitrogens with one attached hydrogen (secondary N) is 1. The second kappa shape index (κ2) is 5.06. The lowest BCUT2D eigenvalue weighted by molar-refractivity contribution is -0.145. The number of halogens is 1. The van der Waals surface area contributed by atoms with Crippen LogP contribution in [0.15, 0.2) is 15.9 Å². The second-order valence-corrected chi connectivity index (χ2v) is 9.68. The van der Waals surface area contributed by atoms with E-state index in [-0.39, 0.29) is 23.3 Å². The molecule has 2 amide bonds. The van der Waals surface area contributed by atoms with E-state index >= 15 is 0 Å². The Kier molecular flexibility index (Phi) is 3.38. The average molecular weight is 383 g/mol. The number of carbonyl (C=O) groups is 2. The summed E-state index contributed by atoms with van der Waals surface area (Å²) in [6, 6.07) is 3.96. The molecule has 1 aromatic rings. The Labute approximate surface area is 142 Å². The number of nitrogens with two attached hydrogens (primary N) is 1. The molecule has 0 radical (unpaired) electrons. The molecule has 0 aliphatic heterocycles. The van der Waals surface area contributed by atoms with Crippen LogP contribution < -0.4 is 11.1 Å². The first-order chi connectivity index (χ1) is 10.5. The third-order valence-electron chi connectivity index (χ3n) is 5.89. The topological polar surface area (TPSA) is 72.2 Å². The van der Waals surface area contributed by atoms with E-state index < -0.39 is 0 Å². The minimum Gasteiger partial charge on any atom is -0.369 e. The molecule has 6 heteroatoms. The van der Waals surface area contributed by atoms with Crippen LogP contribution in [-0.2, 0) is 4.79 Å². The number of amides is 2. The molecule has 5 rings (SSSR count). The van der Waals surface area contributed by atoms with E-state index in [2.05, 4.69) is 21.2 Å². The summed E-state index contributed by atoms with van der Waals surface area (Å²) in [5.41, 5.74) is 5.41. The number of primary amides is 1. The summed E-state index contributed by atoms with van der Waals surface area (Å²) in [6.45, 7) is 0. The molecule has 0 aromatic carbocycles. The van der Waals surface area contributed by atoms with Crippen LogP contribution >= 0.6 is 27.3 Å². The molecule has 118 valence electrons. The van der Waals surface area contributed by atoms with E-state index in [0.717, 1.165) is 40.8 Å². The van der Waals surface area contributed by atoms with Crippen LogP contribution in [0.3, 0.4) is 0 Å². The van der Waals surface area contributed by atoms with Gasteiger partial charge < -0.3 is 11.1 Å². The lowest BCUT2D eigenvalue weighted by atomic mass is 9.47. The maximum atomic E-state index is 12.5. The average Bonchev–Trinajstić information content (AvgIpc) is 2.88. The van der Waals surface area contributed by atoms with Crippen LogP contribution in [-0.4, -0.2) is 17.9 Å². The zero-order chi connectivity index (χ0) is 15.5. The molecule has 22 heavy (non-hydrogen) atoms. The van der Waals surface area contributed by atoms with Gasteiger partial charge in [-0.3, -0.25) is 9.59 Å². The van der Waals surface area contributed by atoms with Gasteiger partial charge >= 0.3 is 0 Å². The van der Waals surface area contributed by atoms with Gasteiger partial charge in [-0.2, -0.15) is 0 Å². The molecule has 4 bridgehead atoms. The van der Waals surface area contributed by atoms with E-state index in [1.54, 1.807) is 0 Å². The molecule has 4 fully saturated rings. The zero-order valence-corrected chi connectivity index (χ0v) is 14.6. The Balaban J connectivity index is 1.53. The van der Waals surface area contributed by atoms with Gasteiger partial charge in [0.25, 0.3) is 5.91 Å². The van der Waals surface area contributed by atoms with Crippen LogP contribution in [0.4, 0.5) is 0 Å². The molecular formula is C16H19BrN2O2S. The van der Waals surface area contributed by atoms with E-state index in [4.69, 9.17) is 5.73 Å². The summed E-state index contributed by atoms with van der Waals surface area (Å²) in [5.74, 6) is 1.33. The molecule has 4 saturated carbocycles. The van der Waals surface area contributed by atoms with Crippen molar-refractivity contribution < 1.29 is 9.59 Å². The standard InChI is InChI=1S/C16H19BrN2O2S/c17-12-2-1-11(22-12)14(20)19-13-9-3-8-4-10(13)7-16(5-8,6-9)15(18)21/h1-2,8-10,13H,3-7H2,(H2,18,21)(H,19,20)/t8?,9?,10?,13-,16-. The zero-order valence-electron chi connectivity index (χ0n) is 12.2.